The molecule has 0 unspecified atom stereocenters. The first-order valence-corrected chi connectivity index (χ1v) is 12.5. The van der Waals surface area contributed by atoms with Crippen molar-refractivity contribution in [3.8, 4) is 0 Å². The van der Waals surface area contributed by atoms with E-state index in [1.54, 1.807) is 6.08 Å². The third-order valence-electron chi connectivity index (χ3n) is 5.11. The maximum absolute atomic E-state index is 3.63. The Morgan fingerprint density at radius 2 is 0.733 bits per heavy atom. The van der Waals surface area contributed by atoms with Crippen LogP contribution < -0.4 is 0 Å². The van der Waals surface area contributed by atoms with Gasteiger partial charge in [0.1, 0.15) is 0 Å². The molecular formula is C30H48. The molecule has 0 N–H and O–H groups in total. The Hall–Kier alpha value is -1.82. The summed E-state index contributed by atoms with van der Waals surface area (Å²) in [6.07, 6.45) is 47.6. The van der Waals surface area contributed by atoms with Crippen molar-refractivity contribution in [1.29, 1.82) is 0 Å². The van der Waals surface area contributed by atoms with Crippen molar-refractivity contribution >= 4 is 0 Å². The molecule has 0 saturated heterocycles. The Balaban J connectivity index is 3.35. The SMILES string of the molecule is C=CC=CC=CC=CC=CC=CC=CCCCCCCCCCCCCCCCC. The van der Waals surface area contributed by atoms with E-state index >= 15 is 0 Å². The monoisotopic (exact) mass is 408 g/mol. The van der Waals surface area contributed by atoms with Gasteiger partial charge in [-0.2, -0.15) is 0 Å². The van der Waals surface area contributed by atoms with Gasteiger partial charge >= 0.3 is 0 Å². The molecule has 0 atom stereocenters. The summed E-state index contributed by atoms with van der Waals surface area (Å²) in [5.74, 6) is 0. The maximum Gasteiger partial charge on any atom is -0.0348 e. The first-order chi connectivity index (χ1) is 14.9. The molecule has 0 aromatic carbocycles. The number of allylic oxidation sites excluding steroid dienone is 13. The molecule has 0 heteroatoms. The highest BCUT2D eigenvalue weighted by Crippen LogP contribution is 2.13. The standard InChI is InChI=1S/C30H48/c1-3-5-7-9-11-13-15-17-19-21-23-25-27-29-30-28-26-24-22-20-18-16-14-12-10-8-6-4-2/h3,5,7,9,11,13,15,17,19,21,23,25,27H,1,4,6,8,10,12,14,16,18,20,22,24,26,28-30H2,2H3. The number of hydrogen-bond donors (Lipinski definition) is 0. The minimum atomic E-state index is 1.20. The van der Waals surface area contributed by atoms with Crippen molar-refractivity contribution in [1.82, 2.24) is 0 Å². The van der Waals surface area contributed by atoms with Gasteiger partial charge in [-0.3, -0.25) is 0 Å². The van der Waals surface area contributed by atoms with Crippen molar-refractivity contribution in [2.75, 3.05) is 0 Å². The van der Waals surface area contributed by atoms with Gasteiger partial charge in [-0.15, -0.1) is 0 Å². The Kier molecular flexibility index (Phi) is 25.5. The third-order valence-corrected chi connectivity index (χ3v) is 5.11. The van der Waals surface area contributed by atoms with Crippen LogP contribution in [0.1, 0.15) is 103 Å². The molecule has 0 aromatic rings. The number of unbranched alkanes of at least 4 members (excludes halogenated alkanes) is 14. The molecule has 0 radical (unpaired) electrons. The van der Waals surface area contributed by atoms with Crippen LogP contribution in [0.5, 0.6) is 0 Å². The summed E-state index contributed by atoms with van der Waals surface area (Å²) >= 11 is 0. The Morgan fingerprint density at radius 3 is 1.13 bits per heavy atom. The van der Waals surface area contributed by atoms with Crippen LogP contribution in [-0.2, 0) is 0 Å². The molecule has 0 rings (SSSR count). The summed E-state index contributed by atoms with van der Waals surface area (Å²) < 4.78 is 0. The minimum absolute atomic E-state index is 1.20. The Morgan fingerprint density at radius 1 is 0.400 bits per heavy atom. The first kappa shape index (κ1) is 28.2. The van der Waals surface area contributed by atoms with Crippen LogP contribution in [0.4, 0.5) is 0 Å². The molecule has 0 aliphatic heterocycles. The summed E-state index contributed by atoms with van der Waals surface area (Å²) in [6, 6.07) is 0. The van der Waals surface area contributed by atoms with Gasteiger partial charge in [0.15, 0.2) is 0 Å². The summed E-state index contributed by atoms with van der Waals surface area (Å²) in [4.78, 5) is 0. The molecule has 0 saturated carbocycles. The maximum atomic E-state index is 3.63. The molecule has 168 valence electrons. The Labute approximate surface area is 188 Å². The van der Waals surface area contributed by atoms with Gasteiger partial charge in [0.2, 0.25) is 0 Å². The van der Waals surface area contributed by atoms with E-state index in [-0.39, 0.29) is 0 Å². The first-order valence-electron chi connectivity index (χ1n) is 12.5. The van der Waals surface area contributed by atoms with Crippen LogP contribution in [-0.4, -0.2) is 0 Å². The predicted octanol–water partition coefficient (Wildman–Crippen LogP) is 10.4. The van der Waals surface area contributed by atoms with Gasteiger partial charge in [-0.05, 0) is 12.8 Å². The van der Waals surface area contributed by atoms with Crippen molar-refractivity contribution < 1.29 is 0 Å². The average molecular weight is 409 g/mol. The fourth-order valence-corrected chi connectivity index (χ4v) is 3.29. The molecular weight excluding hydrogens is 360 g/mol. The third kappa shape index (κ3) is 26.2. The molecule has 0 fully saturated rings. The minimum Gasteiger partial charge on any atom is -0.0991 e. The molecule has 0 heterocycles. The van der Waals surface area contributed by atoms with E-state index in [1.807, 2.05) is 42.5 Å². The zero-order valence-electron chi connectivity index (χ0n) is 19.8. The van der Waals surface area contributed by atoms with E-state index in [2.05, 4.69) is 43.9 Å². The van der Waals surface area contributed by atoms with Crippen molar-refractivity contribution in [3.63, 3.8) is 0 Å². The molecule has 0 aromatic heterocycles. The lowest BCUT2D eigenvalue weighted by molar-refractivity contribution is 0.536. The largest absolute Gasteiger partial charge is 0.0991 e. The van der Waals surface area contributed by atoms with E-state index in [0.29, 0.717) is 0 Å². The van der Waals surface area contributed by atoms with Crippen molar-refractivity contribution in [2.45, 2.75) is 103 Å². The van der Waals surface area contributed by atoms with Crippen LogP contribution in [0, 0.1) is 0 Å². The molecule has 0 spiro atoms. The number of hydrogen-bond acceptors (Lipinski definition) is 0. The topological polar surface area (TPSA) is 0 Å². The van der Waals surface area contributed by atoms with Gasteiger partial charge < -0.3 is 0 Å². The molecule has 0 amide bonds. The fourth-order valence-electron chi connectivity index (χ4n) is 3.29. The van der Waals surface area contributed by atoms with Crippen molar-refractivity contribution in [2.24, 2.45) is 0 Å². The average Bonchev–Trinajstić information content (AvgIpc) is 2.76. The second-order valence-electron chi connectivity index (χ2n) is 7.97. The molecule has 0 aliphatic rings. The van der Waals surface area contributed by atoms with Gasteiger partial charge in [0.05, 0.1) is 0 Å². The molecule has 30 heavy (non-hydrogen) atoms. The van der Waals surface area contributed by atoms with Crippen LogP contribution in [0.3, 0.4) is 0 Å². The zero-order chi connectivity index (χ0) is 21.8. The van der Waals surface area contributed by atoms with E-state index < -0.39 is 0 Å². The quantitative estimate of drug-likeness (QED) is 0.131. The summed E-state index contributed by atoms with van der Waals surface area (Å²) in [7, 11) is 0. The van der Waals surface area contributed by atoms with E-state index in [1.165, 1.54) is 96.3 Å². The summed E-state index contributed by atoms with van der Waals surface area (Å²) in [5, 5.41) is 0. The summed E-state index contributed by atoms with van der Waals surface area (Å²) in [6.45, 7) is 5.92. The van der Waals surface area contributed by atoms with Gasteiger partial charge in [-0.25, -0.2) is 0 Å². The van der Waals surface area contributed by atoms with Crippen LogP contribution in [0.15, 0.2) is 85.6 Å². The lowest BCUT2D eigenvalue weighted by atomic mass is 10.0. The van der Waals surface area contributed by atoms with Crippen LogP contribution in [0.25, 0.3) is 0 Å². The molecule has 0 aliphatic carbocycles. The predicted molar refractivity (Wildman–Crippen MR) is 140 cm³/mol. The normalized spacial score (nSPS) is 12.8. The number of rotatable bonds is 21. The molecule has 0 bridgehead atoms. The highest BCUT2D eigenvalue weighted by atomic mass is 14.0. The van der Waals surface area contributed by atoms with Gasteiger partial charge in [-0.1, -0.05) is 176 Å². The van der Waals surface area contributed by atoms with E-state index in [9.17, 15) is 0 Å². The smallest absolute Gasteiger partial charge is 0.0348 e. The molecule has 0 nitrogen and oxygen atoms in total. The fraction of sp³-hybridized carbons (Fsp3) is 0.533. The van der Waals surface area contributed by atoms with E-state index in [0.717, 1.165) is 0 Å². The lowest BCUT2D eigenvalue weighted by Crippen LogP contribution is -1.83. The van der Waals surface area contributed by atoms with Crippen LogP contribution in [0.2, 0.25) is 0 Å². The highest BCUT2D eigenvalue weighted by molar-refractivity contribution is 5.20. The van der Waals surface area contributed by atoms with E-state index in [4.69, 9.17) is 0 Å². The Bertz CT molecular complexity index is 510. The van der Waals surface area contributed by atoms with Gasteiger partial charge in [0, 0.05) is 0 Å². The van der Waals surface area contributed by atoms with Gasteiger partial charge in [0.25, 0.3) is 0 Å². The van der Waals surface area contributed by atoms with Crippen molar-refractivity contribution in [3.05, 3.63) is 85.6 Å². The lowest BCUT2D eigenvalue weighted by Gasteiger charge is -2.02. The summed E-state index contributed by atoms with van der Waals surface area (Å²) in [5.41, 5.74) is 0. The second kappa shape index (κ2) is 27.2. The van der Waals surface area contributed by atoms with Crippen LogP contribution >= 0.6 is 0 Å². The highest BCUT2D eigenvalue weighted by Gasteiger charge is 1.93. The zero-order valence-corrected chi connectivity index (χ0v) is 19.8. The second-order valence-corrected chi connectivity index (χ2v) is 7.97.